The van der Waals surface area contributed by atoms with Gasteiger partial charge in [0, 0.05) is 5.69 Å². The molecule has 1 heterocycles. The molecule has 1 aliphatic rings. The molecular formula is C26H27N3O3. The Hall–Kier alpha value is -3.67. The standard InChI is InChI=1S/C26H27N3O3/c1-16(2)19-13-7-9-17(3)23(19)27-22(30)15-29-24(31)26(4,28-25(29)32)21-14-8-11-18-10-5-6-12-20(18)21/h5-14,16H,15H2,1-4H3,(H,27,30)(H,28,32)/t26-/m1/s1. The van der Waals surface area contributed by atoms with Crippen LogP contribution in [0.3, 0.4) is 0 Å². The fourth-order valence-corrected chi connectivity index (χ4v) is 4.35. The fraction of sp³-hybridized carbons (Fsp3) is 0.269. The van der Waals surface area contributed by atoms with Crippen LogP contribution in [0.2, 0.25) is 0 Å². The summed E-state index contributed by atoms with van der Waals surface area (Å²) in [4.78, 5) is 40.0. The molecule has 6 nitrogen and oxygen atoms in total. The van der Waals surface area contributed by atoms with Crippen molar-refractivity contribution in [1.29, 1.82) is 0 Å². The number of urea groups is 1. The van der Waals surface area contributed by atoms with Crippen LogP contribution in [0.1, 0.15) is 43.4 Å². The predicted octanol–water partition coefficient (Wildman–Crippen LogP) is 4.68. The second-order valence-electron chi connectivity index (χ2n) is 8.72. The predicted molar refractivity (Wildman–Crippen MR) is 125 cm³/mol. The van der Waals surface area contributed by atoms with Crippen LogP contribution in [-0.2, 0) is 15.1 Å². The molecule has 164 valence electrons. The van der Waals surface area contributed by atoms with Gasteiger partial charge in [-0.1, -0.05) is 74.5 Å². The van der Waals surface area contributed by atoms with Crippen LogP contribution in [-0.4, -0.2) is 29.3 Å². The maximum Gasteiger partial charge on any atom is 0.325 e. The number of hydrogen-bond acceptors (Lipinski definition) is 3. The minimum absolute atomic E-state index is 0.219. The molecule has 0 spiro atoms. The van der Waals surface area contributed by atoms with Gasteiger partial charge in [-0.25, -0.2) is 4.79 Å². The zero-order valence-corrected chi connectivity index (χ0v) is 18.7. The number of anilines is 1. The van der Waals surface area contributed by atoms with E-state index in [1.165, 1.54) is 0 Å². The third-order valence-corrected chi connectivity index (χ3v) is 6.10. The minimum atomic E-state index is -1.25. The van der Waals surface area contributed by atoms with E-state index in [1.54, 1.807) is 6.92 Å². The Balaban J connectivity index is 1.60. The molecule has 0 unspecified atom stereocenters. The molecule has 2 N–H and O–H groups in total. The van der Waals surface area contributed by atoms with Crippen molar-refractivity contribution in [3.8, 4) is 0 Å². The second-order valence-corrected chi connectivity index (χ2v) is 8.72. The highest BCUT2D eigenvalue weighted by atomic mass is 16.2. The van der Waals surface area contributed by atoms with Crippen molar-refractivity contribution in [3.05, 3.63) is 77.4 Å². The molecule has 3 aromatic carbocycles. The third kappa shape index (κ3) is 3.62. The first kappa shape index (κ1) is 21.6. The van der Waals surface area contributed by atoms with Crippen molar-refractivity contribution < 1.29 is 14.4 Å². The zero-order chi connectivity index (χ0) is 23.0. The summed E-state index contributed by atoms with van der Waals surface area (Å²) < 4.78 is 0. The maximum atomic E-state index is 13.4. The van der Waals surface area contributed by atoms with Crippen LogP contribution < -0.4 is 10.6 Å². The number of rotatable bonds is 5. The van der Waals surface area contributed by atoms with Crippen LogP contribution in [0.25, 0.3) is 10.8 Å². The summed E-state index contributed by atoms with van der Waals surface area (Å²) in [6.07, 6.45) is 0. The van der Waals surface area contributed by atoms with Crippen molar-refractivity contribution in [1.82, 2.24) is 10.2 Å². The van der Waals surface area contributed by atoms with Gasteiger partial charge in [0.25, 0.3) is 5.91 Å². The van der Waals surface area contributed by atoms with Crippen molar-refractivity contribution >= 4 is 34.3 Å². The summed E-state index contributed by atoms with van der Waals surface area (Å²) in [5, 5.41) is 7.58. The molecule has 4 amide bonds. The molecule has 0 aromatic heterocycles. The Bertz CT molecular complexity index is 1230. The van der Waals surface area contributed by atoms with Gasteiger partial charge < -0.3 is 10.6 Å². The van der Waals surface area contributed by atoms with Gasteiger partial charge >= 0.3 is 6.03 Å². The lowest BCUT2D eigenvalue weighted by Gasteiger charge is -2.24. The Kier molecular flexibility index (Phi) is 5.46. The molecule has 1 atom stereocenters. The van der Waals surface area contributed by atoms with Gasteiger partial charge in [-0.3, -0.25) is 14.5 Å². The quantitative estimate of drug-likeness (QED) is 0.578. The van der Waals surface area contributed by atoms with Crippen LogP contribution in [0.15, 0.2) is 60.7 Å². The summed E-state index contributed by atoms with van der Waals surface area (Å²) in [7, 11) is 0. The monoisotopic (exact) mass is 429 g/mol. The van der Waals surface area contributed by atoms with Crippen molar-refractivity contribution in [3.63, 3.8) is 0 Å². The van der Waals surface area contributed by atoms with E-state index in [4.69, 9.17) is 0 Å². The van der Waals surface area contributed by atoms with Gasteiger partial charge in [-0.05, 0) is 47.2 Å². The maximum absolute atomic E-state index is 13.4. The summed E-state index contributed by atoms with van der Waals surface area (Å²) in [6.45, 7) is 7.36. The average Bonchev–Trinajstić information content (AvgIpc) is 2.98. The number of fused-ring (bicyclic) bond motifs is 1. The number of carbonyl (C=O) groups is 3. The Morgan fingerprint density at radius 3 is 2.47 bits per heavy atom. The van der Waals surface area contributed by atoms with Gasteiger partial charge in [-0.2, -0.15) is 0 Å². The molecule has 1 saturated heterocycles. The van der Waals surface area contributed by atoms with E-state index in [9.17, 15) is 14.4 Å². The Labute approximate surface area is 187 Å². The number of aryl methyl sites for hydroxylation is 1. The molecule has 0 bridgehead atoms. The number of benzene rings is 3. The number of hydrogen-bond donors (Lipinski definition) is 2. The lowest BCUT2D eigenvalue weighted by atomic mass is 9.88. The van der Waals surface area contributed by atoms with Crippen LogP contribution >= 0.6 is 0 Å². The first-order valence-corrected chi connectivity index (χ1v) is 10.7. The molecule has 6 heteroatoms. The number of carbonyl (C=O) groups excluding carboxylic acids is 3. The number of nitrogens with one attached hydrogen (secondary N) is 2. The summed E-state index contributed by atoms with van der Waals surface area (Å²) in [6, 6.07) is 18.7. The summed E-state index contributed by atoms with van der Waals surface area (Å²) >= 11 is 0. The highest BCUT2D eigenvalue weighted by molar-refractivity contribution is 6.11. The van der Waals surface area contributed by atoms with Gasteiger partial charge in [0.1, 0.15) is 12.1 Å². The molecule has 1 aliphatic heterocycles. The molecule has 0 aliphatic carbocycles. The Morgan fingerprint density at radius 1 is 1.03 bits per heavy atom. The molecule has 4 rings (SSSR count). The fourth-order valence-electron chi connectivity index (χ4n) is 4.35. The Morgan fingerprint density at radius 2 is 1.72 bits per heavy atom. The topological polar surface area (TPSA) is 78.5 Å². The zero-order valence-electron chi connectivity index (χ0n) is 18.7. The highest BCUT2D eigenvalue weighted by Crippen LogP contribution is 2.34. The molecular weight excluding hydrogens is 402 g/mol. The van der Waals surface area contributed by atoms with E-state index in [-0.39, 0.29) is 12.5 Å². The van der Waals surface area contributed by atoms with Crippen LogP contribution in [0, 0.1) is 6.92 Å². The van der Waals surface area contributed by atoms with E-state index < -0.39 is 23.4 Å². The van der Waals surface area contributed by atoms with Gasteiger partial charge in [0.15, 0.2) is 0 Å². The third-order valence-electron chi connectivity index (χ3n) is 6.10. The second kappa shape index (κ2) is 8.11. The SMILES string of the molecule is Cc1cccc(C(C)C)c1NC(=O)CN1C(=O)N[C@](C)(c2cccc3ccccc23)C1=O. The lowest BCUT2D eigenvalue weighted by molar-refractivity contribution is -0.133. The molecule has 3 aromatic rings. The summed E-state index contributed by atoms with van der Waals surface area (Å²) in [5.41, 5.74) is 2.14. The normalized spacial score (nSPS) is 18.3. The van der Waals surface area contributed by atoms with Crippen LogP contribution in [0.5, 0.6) is 0 Å². The molecule has 0 radical (unpaired) electrons. The molecule has 1 fully saturated rings. The van der Waals surface area contributed by atoms with Gasteiger partial charge in [0.05, 0.1) is 0 Å². The first-order valence-electron chi connectivity index (χ1n) is 10.7. The van der Waals surface area contributed by atoms with E-state index >= 15 is 0 Å². The number of amides is 4. The van der Waals surface area contributed by atoms with E-state index in [0.717, 1.165) is 32.5 Å². The summed E-state index contributed by atoms with van der Waals surface area (Å²) in [5.74, 6) is -0.633. The van der Waals surface area contributed by atoms with Gasteiger partial charge in [-0.15, -0.1) is 0 Å². The van der Waals surface area contributed by atoms with E-state index in [1.807, 2.05) is 67.6 Å². The van der Waals surface area contributed by atoms with Crippen molar-refractivity contribution in [2.24, 2.45) is 0 Å². The van der Waals surface area contributed by atoms with E-state index in [2.05, 4.69) is 24.5 Å². The first-order chi connectivity index (χ1) is 15.2. The van der Waals surface area contributed by atoms with E-state index in [0.29, 0.717) is 5.56 Å². The highest BCUT2D eigenvalue weighted by Gasteiger charge is 2.50. The number of para-hydroxylation sites is 1. The minimum Gasteiger partial charge on any atom is -0.324 e. The van der Waals surface area contributed by atoms with Crippen LogP contribution in [0.4, 0.5) is 10.5 Å². The smallest absolute Gasteiger partial charge is 0.324 e. The van der Waals surface area contributed by atoms with Gasteiger partial charge in [0.2, 0.25) is 5.91 Å². The van der Waals surface area contributed by atoms with Crippen molar-refractivity contribution in [2.75, 3.05) is 11.9 Å². The molecule has 32 heavy (non-hydrogen) atoms. The largest absolute Gasteiger partial charge is 0.325 e. The lowest BCUT2D eigenvalue weighted by Crippen LogP contribution is -2.42. The van der Waals surface area contributed by atoms with Crippen molar-refractivity contribution in [2.45, 2.75) is 39.2 Å². The number of imide groups is 1. The molecule has 0 saturated carbocycles. The average molecular weight is 430 g/mol. The number of nitrogens with zero attached hydrogens (tertiary/aromatic N) is 1.